The Morgan fingerprint density at radius 1 is 1.26 bits per heavy atom. The first kappa shape index (κ1) is 25.7. The second-order valence-corrected chi connectivity index (χ2v) is 9.34. The van der Waals surface area contributed by atoms with Gasteiger partial charge in [0.05, 0.1) is 6.04 Å². The maximum atomic E-state index is 12.0. The van der Waals surface area contributed by atoms with E-state index in [0.717, 1.165) is 51.5 Å². The van der Waals surface area contributed by atoms with E-state index in [1.54, 1.807) is 0 Å². The Kier molecular flexibility index (Phi) is 9.42. The van der Waals surface area contributed by atoms with Crippen molar-refractivity contribution in [2.45, 2.75) is 64.8 Å². The summed E-state index contributed by atoms with van der Waals surface area (Å²) >= 11 is 0. The van der Waals surface area contributed by atoms with E-state index in [9.17, 15) is 4.79 Å². The van der Waals surface area contributed by atoms with Crippen LogP contribution in [-0.2, 0) is 17.7 Å². The lowest BCUT2D eigenvalue weighted by molar-refractivity contribution is 0.0507. The van der Waals surface area contributed by atoms with Crippen LogP contribution in [0.25, 0.3) is 0 Å². The third-order valence-electron chi connectivity index (χ3n) is 5.76. The number of nitrogens with one attached hydrogen (secondary N) is 2. The molecular weight excluding hydrogens is 505 g/mol. The standard InChI is InChI=1S/C23H37N5O2.HI/c1-17(27-12-10-18-8-6-7-9-19(18)15-27)14-25-21(24-5)28-13-11-20(16-28)26-22(29)30-23(2,3)4;/h6-9,17,20H,10-16H2,1-5H3,(H,24,25)(H,26,29);1H. The summed E-state index contributed by atoms with van der Waals surface area (Å²) in [6.07, 6.45) is 1.65. The Balaban J connectivity index is 0.00000341. The molecule has 2 unspecified atom stereocenters. The summed E-state index contributed by atoms with van der Waals surface area (Å²) in [4.78, 5) is 21.2. The number of likely N-dealkylation sites (tertiary alicyclic amines) is 1. The van der Waals surface area contributed by atoms with Gasteiger partial charge in [0.15, 0.2) is 5.96 Å². The summed E-state index contributed by atoms with van der Waals surface area (Å²) in [5, 5.41) is 6.51. The number of amides is 1. The highest BCUT2D eigenvalue weighted by molar-refractivity contribution is 14.0. The molecule has 0 saturated carbocycles. The molecule has 2 heterocycles. The Morgan fingerprint density at radius 3 is 2.65 bits per heavy atom. The van der Waals surface area contributed by atoms with Crippen LogP contribution in [-0.4, -0.2) is 72.8 Å². The minimum Gasteiger partial charge on any atom is -0.444 e. The largest absolute Gasteiger partial charge is 0.444 e. The number of hydrogen-bond acceptors (Lipinski definition) is 4. The van der Waals surface area contributed by atoms with Crippen LogP contribution in [0.2, 0.25) is 0 Å². The molecule has 0 aliphatic carbocycles. The Hall–Kier alpha value is -1.55. The van der Waals surface area contributed by atoms with Gasteiger partial charge in [-0.1, -0.05) is 24.3 Å². The van der Waals surface area contributed by atoms with Gasteiger partial charge in [-0.05, 0) is 51.7 Å². The number of guanidine groups is 1. The quantitative estimate of drug-likeness (QED) is 0.347. The lowest BCUT2D eigenvalue weighted by atomic mass is 9.99. The number of hydrogen-bond donors (Lipinski definition) is 2. The molecule has 1 aromatic rings. The number of aliphatic imine (C=N–C) groups is 1. The van der Waals surface area contributed by atoms with Gasteiger partial charge in [-0.15, -0.1) is 24.0 Å². The summed E-state index contributed by atoms with van der Waals surface area (Å²) in [7, 11) is 1.82. The molecule has 0 aromatic heterocycles. The minimum absolute atomic E-state index is 0. The molecule has 0 bridgehead atoms. The van der Waals surface area contributed by atoms with E-state index < -0.39 is 5.60 Å². The number of ether oxygens (including phenoxy) is 1. The van der Waals surface area contributed by atoms with Crippen molar-refractivity contribution in [3.63, 3.8) is 0 Å². The molecular formula is C23H38IN5O2. The molecule has 3 rings (SSSR count). The molecule has 1 amide bonds. The number of alkyl carbamates (subject to hydrolysis) is 1. The van der Waals surface area contributed by atoms with Gasteiger partial charge in [0.25, 0.3) is 0 Å². The van der Waals surface area contributed by atoms with Crippen LogP contribution >= 0.6 is 24.0 Å². The van der Waals surface area contributed by atoms with Gasteiger partial charge in [-0.25, -0.2) is 4.79 Å². The number of fused-ring (bicyclic) bond motifs is 1. The molecule has 0 radical (unpaired) electrons. The van der Waals surface area contributed by atoms with Crippen LogP contribution in [0.15, 0.2) is 29.3 Å². The number of carbonyl (C=O) groups excluding carboxylic acids is 1. The molecule has 1 fully saturated rings. The van der Waals surface area contributed by atoms with Crippen molar-refractivity contribution in [2.75, 3.05) is 33.2 Å². The normalized spacial score (nSPS) is 20.5. The molecule has 2 N–H and O–H groups in total. The summed E-state index contributed by atoms with van der Waals surface area (Å²) in [6, 6.07) is 9.23. The van der Waals surface area contributed by atoms with Crippen LogP contribution in [0.4, 0.5) is 4.79 Å². The van der Waals surface area contributed by atoms with E-state index in [1.807, 2.05) is 27.8 Å². The summed E-state index contributed by atoms with van der Waals surface area (Å²) < 4.78 is 5.37. The zero-order chi connectivity index (χ0) is 21.7. The smallest absolute Gasteiger partial charge is 0.407 e. The van der Waals surface area contributed by atoms with Gasteiger partial charge in [-0.2, -0.15) is 0 Å². The Labute approximate surface area is 204 Å². The van der Waals surface area contributed by atoms with Gasteiger partial charge in [0, 0.05) is 45.8 Å². The predicted octanol–water partition coefficient (Wildman–Crippen LogP) is 3.23. The van der Waals surface area contributed by atoms with Crippen molar-refractivity contribution >= 4 is 36.0 Å². The highest BCUT2D eigenvalue weighted by Gasteiger charge is 2.28. The van der Waals surface area contributed by atoms with Gasteiger partial charge in [0.2, 0.25) is 0 Å². The van der Waals surface area contributed by atoms with Crippen molar-refractivity contribution in [1.82, 2.24) is 20.4 Å². The van der Waals surface area contributed by atoms with E-state index in [4.69, 9.17) is 4.74 Å². The van der Waals surface area contributed by atoms with Gasteiger partial charge >= 0.3 is 6.09 Å². The fourth-order valence-electron chi connectivity index (χ4n) is 4.14. The van der Waals surface area contributed by atoms with Crippen molar-refractivity contribution in [2.24, 2.45) is 4.99 Å². The number of nitrogens with zero attached hydrogens (tertiary/aromatic N) is 3. The van der Waals surface area contributed by atoms with Crippen LogP contribution in [0.3, 0.4) is 0 Å². The van der Waals surface area contributed by atoms with E-state index in [1.165, 1.54) is 11.1 Å². The number of halogens is 1. The van der Waals surface area contributed by atoms with E-state index >= 15 is 0 Å². The van der Waals surface area contributed by atoms with Crippen LogP contribution in [0.1, 0.15) is 45.2 Å². The van der Waals surface area contributed by atoms with Crippen LogP contribution < -0.4 is 10.6 Å². The molecule has 174 valence electrons. The monoisotopic (exact) mass is 543 g/mol. The van der Waals surface area contributed by atoms with E-state index in [0.29, 0.717) is 6.04 Å². The first-order valence-electron chi connectivity index (χ1n) is 11.0. The van der Waals surface area contributed by atoms with Gasteiger partial charge in [0.1, 0.15) is 5.60 Å². The summed E-state index contributed by atoms with van der Waals surface area (Å²) in [5.74, 6) is 0.896. The highest BCUT2D eigenvalue weighted by Crippen LogP contribution is 2.20. The zero-order valence-corrected chi connectivity index (χ0v) is 21.8. The molecule has 1 aromatic carbocycles. The molecule has 2 aliphatic rings. The van der Waals surface area contributed by atoms with Gasteiger partial charge in [-0.3, -0.25) is 9.89 Å². The Bertz CT molecular complexity index is 765. The molecule has 7 nitrogen and oxygen atoms in total. The molecule has 8 heteroatoms. The number of rotatable bonds is 4. The lowest BCUT2D eigenvalue weighted by Gasteiger charge is -2.34. The zero-order valence-electron chi connectivity index (χ0n) is 19.5. The summed E-state index contributed by atoms with van der Waals surface area (Å²) in [6.45, 7) is 12.4. The molecule has 1 saturated heterocycles. The second kappa shape index (κ2) is 11.4. The van der Waals surface area contributed by atoms with E-state index in [-0.39, 0.29) is 36.1 Å². The number of benzene rings is 1. The summed E-state index contributed by atoms with van der Waals surface area (Å²) in [5.41, 5.74) is 2.44. The second-order valence-electron chi connectivity index (χ2n) is 9.34. The maximum absolute atomic E-state index is 12.0. The molecule has 0 spiro atoms. The van der Waals surface area contributed by atoms with E-state index in [2.05, 4.69) is 56.6 Å². The topological polar surface area (TPSA) is 69.2 Å². The lowest BCUT2D eigenvalue weighted by Crippen LogP contribution is -2.49. The van der Waals surface area contributed by atoms with Crippen molar-refractivity contribution in [1.29, 1.82) is 0 Å². The third kappa shape index (κ3) is 7.52. The first-order valence-corrected chi connectivity index (χ1v) is 11.0. The first-order chi connectivity index (χ1) is 14.2. The fraction of sp³-hybridized carbons (Fsp3) is 0.652. The maximum Gasteiger partial charge on any atom is 0.407 e. The predicted molar refractivity (Wildman–Crippen MR) is 136 cm³/mol. The van der Waals surface area contributed by atoms with Crippen LogP contribution in [0, 0.1) is 0 Å². The van der Waals surface area contributed by atoms with Crippen molar-refractivity contribution in [3.05, 3.63) is 35.4 Å². The Morgan fingerprint density at radius 2 is 1.97 bits per heavy atom. The third-order valence-corrected chi connectivity index (χ3v) is 5.76. The van der Waals surface area contributed by atoms with Crippen molar-refractivity contribution in [3.8, 4) is 0 Å². The minimum atomic E-state index is -0.481. The van der Waals surface area contributed by atoms with Crippen molar-refractivity contribution < 1.29 is 9.53 Å². The molecule has 2 aliphatic heterocycles. The highest BCUT2D eigenvalue weighted by atomic mass is 127. The number of carbonyl (C=O) groups is 1. The van der Waals surface area contributed by atoms with Gasteiger partial charge < -0.3 is 20.3 Å². The fourth-order valence-corrected chi connectivity index (χ4v) is 4.14. The average molecular weight is 543 g/mol. The molecule has 2 atom stereocenters. The SMILES string of the molecule is CN=C(NCC(C)N1CCc2ccccc2C1)N1CCC(NC(=O)OC(C)(C)C)C1.I. The van der Waals surface area contributed by atoms with Crippen LogP contribution in [0.5, 0.6) is 0 Å². The average Bonchev–Trinajstić information content (AvgIpc) is 3.14. The molecule has 31 heavy (non-hydrogen) atoms.